The summed E-state index contributed by atoms with van der Waals surface area (Å²) in [6.45, 7) is 18.4. The number of hydrogen-bond acceptors (Lipinski definition) is 6. The van der Waals surface area contributed by atoms with Crippen molar-refractivity contribution in [1.29, 1.82) is 0 Å². The van der Waals surface area contributed by atoms with Crippen LogP contribution in [0.25, 0.3) is 0 Å². The molecule has 0 saturated carbocycles. The van der Waals surface area contributed by atoms with Crippen LogP contribution in [-0.2, 0) is 63.2 Å². The Hall–Kier alpha value is -3.68. The lowest BCUT2D eigenvalue weighted by Gasteiger charge is -2.23. The van der Waals surface area contributed by atoms with Crippen LogP contribution in [0, 0.1) is 0 Å². The molecule has 0 unspecified atom stereocenters. The summed E-state index contributed by atoms with van der Waals surface area (Å²) in [7, 11) is 0. The second-order valence-corrected chi connectivity index (χ2v) is 14.8. The molecule has 8 bridgehead atoms. The van der Waals surface area contributed by atoms with Crippen LogP contribution < -0.4 is 21.3 Å². The molecule has 4 aromatic rings. The molecule has 6 N–H and O–H groups in total. The van der Waals surface area contributed by atoms with Crippen LogP contribution in [0.4, 0.5) is 0 Å². The van der Waals surface area contributed by atoms with Crippen molar-refractivity contribution in [3.63, 3.8) is 0 Å². The Kier molecular flexibility index (Phi) is 10.5. The van der Waals surface area contributed by atoms with Gasteiger partial charge in [-0.05, 0) is 44.2 Å². The van der Waals surface area contributed by atoms with Crippen molar-refractivity contribution in [2.75, 3.05) is 0 Å². The van der Waals surface area contributed by atoms with E-state index in [0.29, 0.717) is 63.9 Å². The molecule has 6 nitrogen and oxygen atoms in total. The molecule has 46 heavy (non-hydrogen) atoms. The van der Waals surface area contributed by atoms with Crippen LogP contribution in [0.5, 0.6) is 11.5 Å². The Labute approximate surface area is 275 Å². The zero-order valence-electron chi connectivity index (χ0n) is 28.5. The fourth-order valence-corrected chi connectivity index (χ4v) is 5.99. The standard InChI is InChI=1S/C40H52N4O2/c1-39(2,3)35-15-31-23-41-19-27-9-7-11-29(13-27)21-43-25-33-17-36(40(4,5)6)18-34(38(33)46)26-44-22-30-12-8-10-28(14-30)20-42-24-32(16-35)37(31)45/h7-18,41-46H,19-26H2,1-6H3. The van der Waals surface area contributed by atoms with Gasteiger partial charge in [-0.3, -0.25) is 0 Å². The molecule has 5 rings (SSSR count). The van der Waals surface area contributed by atoms with Crippen molar-refractivity contribution < 1.29 is 10.2 Å². The van der Waals surface area contributed by atoms with E-state index in [1.54, 1.807) is 0 Å². The van der Waals surface area contributed by atoms with E-state index < -0.39 is 0 Å². The fourth-order valence-electron chi connectivity index (χ4n) is 5.99. The summed E-state index contributed by atoms with van der Waals surface area (Å²) >= 11 is 0. The van der Waals surface area contributed by atoms with Gasteiger partial charge in [-0.2, -0.15) is 0 Å². The van der Waals surface area contributed by atoms with Crippen LogP contribution in [0.2, 0.25) is 0 Å². The lowest BCUT2D eigenvalue weighted by atomic mass is 9.84. The number of rotatable bonds is 0. The topological polar surface area (TPSA) is 88.6 Å². The summed E-state index contributed by atoms with van der Waals surface area (Å²) in [6, 6.07) is 25.7. The van der Waals surface area contributed by atoms with E-state index in [-0.39, 0.29) is 10.8 Å². The van der Waals surface area contributed by atoms with Gasteiger partial charge in [0.05, 0.1) is 0 Å². The molecular weight excluding hydrogens is 568 g/mol. The van der Waals surface area contributed by atoms with Crippen LogP contribution in [0.1, 0.15) is 97.2 Å². The predicted molar refractivity (Wildman–Crippen MR) is 189 cm³/mol. The average molecular weight is 621 g/mol. The Morgan fingerprint density at radius 1 is 0.413 bits per heavy atom. The zero-order chi connectivity index (χ0) is 32.9. The molecule has 4 aromatic carbocycles. The molecule has 6 heteroatoms. The van der Waals surface area contributed by atoms with Crippen LogP contribution in [0.15, 0.2) is 72.8 Å². The molecule has 0 radical (unpaired) electrons. The monoisotopic (exact) mass is 620 g/mol. The van der Waals surface area contributed by atoms with Gasteiger partial charge in [0.25, 0.3) is 0 Å². The third-order valence-corrected chi connectivity index (χ3v) is 8.83. The van der Waals surface area contributed by atoms with E-state index in [4.69, 9.17) is 0 Å². The van der Waals surface area contributed by atoms with Gasteiger partial charge < -0.3 is 31.5 Å². The number of nitrogens with one attached hydrogen (secondary N) is 4. The van der Waals surface area contributed by atoms with E-state index in [1.807, 2.05) is 0 Å². The first-order valence-electron chi connectivity index (χ1n) is 16.6. The Morgan fingerprint density at radius 2 is 0.674 bits per heavy atom. The minimum atomic E-state index is -0.0338. The van der Waals surface area contributed by atoms with Crippen molar-refractivity contribution in [3.05, 3.63) is 128 Å². The highest BCUT2D eigenvalue weighted by atomic mass is 16.3. The minimum absolute atomic E-state index is 0.0338. The number of phenolic OH excluding ortho intramolecular Hbond substituents is 2. The summed E-state index contributed by atoms with van der Waals surface area (Å²) < 4.78 is 0. The summed E-state index contributed by atoms with van der Waals surface area (Å²) in [4.78, 5) is 0. The van der Waals surface area contributed by atoms with E-state index >= 15 is 0 Å². The maximum atomic E-state index is 11.3. The van der Waals surface area contributed by atoms with Gasteiger partial charge >= 0.3 is 0 Å². The molecule has 0 spiro atoms. The van der Waals surface area contributed by atoms with Crippen molar-refractivity contribution in [2.45, 2.75) is 105 Å². The van der Waals surface area contributed by atoms with E-state index in [0.717, 1.165) is 22.3 Å². The Balaban J connectivity index is 1.43. The maximum absolute atomic E-state index is 11.3. The molecule has 1 heterocycles. The van der Waals surface area contributed by atoms with E-state index in [1.165, 1.54) is 33.4 Å². The number of fused-ring (bicyclic) bond motifs is 8. The number of phenols is 2. The van der Waals surface area contributed by atoms with Crippen molar-refractivity contribution in [3.8, 4) is 11.5 Å². The van der Waals surface area contributed by atoms with Gasteiger partial charge in [0.2, 0.25) is 0 Å². The summed E-state index contributed by atoms with van der Waals surface area (Å²) in [5, 5.41) is 36.9. The number of hydrogen-bond donors (Lipinski definition) is 6. The van der Waals surface area contributed by atoms with Crippen LogP contribution in [-0.4, -0.2) is 10.2 Å². The molecule has 0 fully saturated rings. The average Bonchev–Trinajstić information content (AvgIpc) is 2.99. The first kappa shape index (κ1) is 33.7. The molecule has 1 aliphatic rings. The first-order valence-corrected chi connectivity index (χ1v) is 16.6. The molecule has 0 saturated heterocycles. The molecular formula is C40H52N4O2. The molecule has 0 amide bonds. The summed E-state index contributed by atoms with van der Waals surface area (Å²) in [5.41, 5.74) is 10.8. The summed E-state index contributed by atoms with van der Waals surface area (Å²) in [6.07, 6.45) is 0. The highest BCUT2D eigenvalue weighted by Gasteiger charge is 2.20. The third kappa shape index (κ3) is 8.77. The lowest BCUT2D eigenvalue weighted by molar-refractivity contribution is 0.451. The van der Waals surface area contributed by atoms with Crippen molar-refractivity contribution in [1.82, 2.24) is 21.3 Å². The van der Waals surface area contributed by atoms with Crippen molar-refractivity contribution in [2.24, 2.45) is 0 Å². The van der Waals surface area contributed by atoms with Gasteiger partial charge in [0, 0.05) is 74.6 Å². The van der Waals surface area contributed by atoms with Gasteiger partial charge in [-0.15, -0.1) is 0 Å². The molecule has 244 valence electrons. The zero-order valence-corrected chi connectivity index (χ0v) is 28.5. The highest BCUT2D eigenvalue weighted by Crippen LogP contribution is 2.33. The Morgan fingerprint density at radius 3 is 0.913 bits per heavy atom. The predicted octanol–water partition coefficient (Wildman–Crippen LogP) is 7.17. The van der Waals surface area contributed by atoms with E-state index in [2.05, 4.69) is 136 Å². The summed E-state index contributed by atoms with van der Waals surface area (Å²) in [5.74, 6) is 0.721. The van der Waals surface area contributed by atoms with Crippen LogP contribution in [0.3, 0.4) is 0 Å². The Bertz CT molecular complexity index is 1430. The van der Waals surface area contributed by atoms with Crippen LogP contribution >= 0.6 is 0 Å². The molecule has 0 aliphatic carbocycles. The van der Waals surface area contributed by atoms with Gasteiger partial charge in [-0.25, -0.2) is 0 Å². The first-order chi connectivity index (χ1) is 21.9. The second kappa shape index (κ2) is 14.4. The lowest BCUT2D eigenvalue weighted by Crippen LogP contribution is -2.19. The smallest absolute Gasteiger partial charge is 0.124 e. The quantitative estimate of drug-likeness (QED) is 0.125. The maximum Gasteiger partial charge on any atom is 0.124 e. The number of benzene rings is 4. The molecule has 1 aliphatic heterocycles. The normalized spacial score (nSPS) is 15.6. The minimum Gasteiger partial charge on any atom is -0.507 e. The molecule has 0 aromatic heterocycles. The SMILES string of the molecule is CC(C)(C)c1cc2c(O)c(c1)CNCc1cccc(c1)CNCc1cc(C(C)(C)C)cc(c1O)CNCc1cccc(c1)CNC2. The third-order valence-electron chi connectivity index (χ3n) is 8.83. The van der Waals surface area contributed by atoms with E-state index in [9.17, 15) is 10.2 Å². The molecule has 0 atom stereocenters. The second-order valence-electron chi connectivity index (χ2n) is 14.8. The van der Waals surface area contributed by atoms with Gasteiger partial charge in [0.1, 0.15) is 11.5 Å². The highest BCUT2D eigenvalue weighted by molar-refractivity contribution is 5.47. The largest absolute Gasteiger partial charge is 0.507 e. The fraction of sp³-hybridized carbons (Fsp3) is 0.400. The van der Waals surface area contributed by atoms with Crippen molar-refractivity contribution >= 4 is 0 Å². The van der Waals surface area contributed by atoms with Gasteiger partial charge in [0.15, 0.2) is 0 Å². The van der Waals surface area contributed by atoms with Gasteiger partial charge in [-0.1, -0.05) is 114 Å². The number of aromatic hydroxyl groups is 2.